The van der Waals surface area contributed by atoms with Crippen LogP contribution < -0.4 is 10.6 Å². The third-order valence-electron chi connectivity index (χ3n) is 5.46. The van der Waals surface area contributed by atoms with Gasteiger partial charge in [-0.25, -0.2) is 9.59 Å². The number of nitrogens with zero attached hydrogens (tertiary/aromatic N) is 3. The van der Waals surface area contributed by atoms with Crippen molar-refractivity contribution >= 4 is 35.1 Å². The van der Waals surface area contributed by atoms with E-state index in [0.29, 0.717) is 5.56 Å². The molecule has 2 aromatic carbocycles. The Morgan fingerprint density at radius 3 is 2.23 bits per heavy atom. The van der Waals surface area contributed by atoms with E-state index >= 15 is 0 Å². The molecule has 0 aliphatic carbocycles. The number of carbonyl (C=O) groups is 3. The fraction of sp³-hybridized carbons (Fsp3) is 0.200. The van der Waals surface area contributed by atoms with E-state index in [0.717, 1.165) is 7.11 Å². The summed E-state index contributed by atoms with van der Waals surface area (Å²) >= 11 is 6.26. The number of hydrogen-bond donors (Lipinski definition) is 1. The molecule has 0 bridgehead atoms. The van der Waals surface area contributed by atoms with E-state index in [1.807, 2.05) is 0 Å². The van der Waals surface area contributed by atoms with E-state index in [1.165, 1.54) is 35.1 Å². The number of rotatable bonds is 5. The number of nitriles is 1. The van der Waals surface area contributed by atoms with E-state index in [-0.39, 0.29) is 38.9 Å². The molecule has 1 aliphatic heterocycles. The molecule has 0 saturated carbocycles. The Balaban J connectivity index is 2.41. The number of hydrogen-bond acceptors (Lipinski definition) is 8. The van der Waals surface area contributed by atoms with Crippen LogP contribution in [0.15, 0.2) is 71.2 Å². The molecule has 35 heavy (non-hydrogen) atoms. The summed E-state index contributed by atoms with van der Waals surface area (Å²) in [6.45, 7) is 0. The van der Waals surface area contributed by atoms with Crippen LogP contribution >= 0.6 is 11.6 Å². The number of anilines is 1. The molecule has 1 aliphatic rings. The molecule has 0 fully saturated rings. The summed E-state index contributed by atoms with van der Waals surface area (Å²) in [5.41, 5.74) is 7.01. The largest absolute Gasteiger partial charge is 0.466 e. The normalized spacial score (nSPS) is 15.4. The Bertz CT molecular complexity index is 1290. The van der Waals surface area contributed by atoms with Crippen LogP contribution in [0.3, 0.4) is 0 Å². The number of methoxy groups -OCH3 is 2. The summed E-state index contributed by atoms with van der Waals surface area (Å²) in [4.78, 5) is 41.4. The van der Waals surface area contributed by atoms with Crippen molar-refractivity contribution < 1.29 is 23.9 Å². The fourth-order valence-corrected chi connectivity index (χ4v) is 4.04. The zero-order chi connectivity index (χ0) is 25.9. The minimum Gasteiger partial charge on any atom is -0.466 e. The Morgan fingerprint density at radius 2 is 1.69 bits per heavy atom. The first-order chi connectivity index (χ1) is 16.7. The van der Waals surface area contributed by atoms with E-state index in [2.05, 4.69) is 6.07 Å². The number of benzene rings is 2. The summed E-state index contributed by atoms with van der Waals surface area (Å²) in [5, 5.41) is 10.3. The van der Waals surface area contributed by atoms with E-state index in [1.54, 1.807) is 44.4 Å². The Morgan fingerprint density at radius 1 is 1.06 bits per heavy atom. The van der Waals surface area contributed by atoms with Gasteiger partial charge in [0.15, 0.2) is 0 Å². The van der Waals surface area contributed by atoms with Crippen LogP contribution in [-0.2, 0) is 19.1 Å². The molecule has 0 aromatic heterocycles. The molecule has 1 amide bonds. The lowest BCUT2D eigenvalue weighted by atomic mass is 9.81. The van der Waals surface area contributed by atoms with Crippen molar-refractivity contribution in [2.24, 2.45) is 5.73 Å². The van der Waals surface area contributed by atoms with Crippen molar-refractivity contribution in [1.29, 1.82) is 5.26 Å². The molecule has 0 spiro atoms. The van der Waals surface area contributed by atoms with Crippen molar-refractivity contribution in [3.8, 4) is 6.07 Å². The third kappa shape index (κ3) is 4.56. The first-order valence-corrected chi connectivity index (χ1v) is 10.7. The Hall–Kier alpha value is -4.29. The predicted molar refractivity (Wildman–Crippen MR) is 129 cm³/mol. The maximum Gasteiger partial charge on any atom is 0.355 e. The molecule has 3 rings (SSSR count). The van der Waals surface area contributed by atoms with Crippen LogP contribution in [0.2, 0.25) is 5.02 Å². The summed E-state index contributed by atoms with van der Waals surface area (Å²) in [6.07, 6.45) is 0. The lowest BCUT2D eigenvalue weighted by Gasteiger charge is -2.36. The highest BCUT2D eigenvalue weighted by Crippen LogP contribution is 2.43. The monoisotopic (exact) mass is 494 g/mol. The van der Waals surface area contributed by atoms with E-state index in [4.69, 9.17) is 26.8 Å². The quantitative estimate of drug-likeness (QED) is 0.629. The van der Waals surface area contributed by atoms with Crippen LogP contribution in [0.25, 0.3) is 0 Å². The summed E-state index contributed by atoms with van der Waals surface area (Å²) in [6, 6.07) is 15.1. The minimum atomic E-state index is -0.992. The molecule has 10 heteroatoms. The Labute approximate surface area is 207 Å². The molecule has 2 N–H and O–H groups in total. The van der Waals surface area contributed by atoms with Gasteiger partial charge in [-0.3, -0.25) is 9.69 Å². The first kappa shape index (κ1) is 25.3. The average molecular weight is 495 g/mol. The molecule has 180 valence electrons. The second-order valence-electron chi connectivity index (χ2n) is 7.70. The van der Waals surface area contributed by atoms with Gasteiger partial charge in [-0.1, -0.05) is 41.9 Å². The predicted octanol–water partition coefficient (Wildman–Crippen LogP) is 2.94. The minimum absolute atomic E-state index is 0.0136. The maximum atomic E-state index is 13.1. The molecular weight excluding hydrogens is 472 g/mol. The highest BCUT2D eigenvalue weighted by molar-refractivity contribution is 6.34. The van der Waals surface area contributed by atoms with Gasteiger partial charge in [0.2, 0.25) is 0 Å². The standard InChI is InChI=1S/C25H23ClN4O5/c1-29(2)23(31)16-12-15(10-11-18(16)26)30-21(25(33)35-4)20(24(32)34-3)19(17(13-27)22(30)28)14-8-6-5-7-9-14/h5-12,19H,28H2,1-4H3. The van der Waals surface area contributed by atoms with Gasteiger partial charge in [0, 0.05) is 19.8 Å². The lowest BCUT2D eigenvalue weighted by Crippen LogP contribution is -2.40. The number of ether oxygens (including phenoxy) is 2. The van der Waals surface area contributed by atoms with E-state index < -0.39 is 23.8 Å². The van der Waals surface area contributed by atoms with Crippen molar-refractivity contribution in [3.05, 3.63) is 87.3 Å². The summed E-state index contributed by atoms with van der Waals surface area (Å²) in [7, 11) is 5.45. The number of nitrogens with two attached hydrogens (primary N) is 1. The SMILES string of the molecule is COC(=O)C1=C(C(=O)OC)N(c2ccc(Cl)c(C(=O)N(C)C)c2)C(N)=C(C#N)C1c1ccccc1. The van der Waals surface area contributed by atoms with Gasteiger partial charge in [-0.15, -0.1) is 0 Å². The van der Waals surface area contributed by atoms with Crippen LogP contribution in [0.1, 0.15) is 21.8 Å². The molecule has 1 heterocycles. The van der Waals surface area contributed by atoms with Gasteiger partial charge in [-0.2, -0.15) is 5.26 Å². The number of halogens is 1. The van der Waals surface area contributed by atoms with Gasteiger partial charge < -0.3 is 20.1 Å². The highest BCUT2D eigenvalue weighted by Gasteiger charge is 2.43. The van der Waals surface area contributed by atoms with Gasteiger partial charge in [0.1, 0.15) is 11.5 Å². The second kappa shape index (κ2) is 10.3. The van der Waals surface area contributed by atoms with E-state index in [9.17, 15) is 19.6 Å². The maximum absolute atomic E-state index is 13.1. The van der Waals surface area contributed by atoms with Crippen LogP contribution in [-0.4, -0.2) is 51.1 Å². The fourth-order valence-electron chi connectivity index (χ4n) is 3.84. The number of allylic oxidation sites excluding steroid dienone is 1. The molecule has 2 aromatic rings. The zero-order valence-electron chi connectivity index (χ0n) is 19.5. The molecular formula is C25H23ClN4O5. The van der Waals surface area contributed by atoms with Crippen molar-refractivity contribution in [2.75, 3.05) is 33.2 Å². The van der Waals surface area contributed by atoms with Crippen molar-refractivity contribution in [3.63, 3.8) is 0 Å². The molecule has 1 atom stereocenters. The Kier molecular flexibility index (Phi) is 7.47. The topological polar surface area (TPSA) is 126 Å². The summed E-state index contributed by atoms with van der Waals surface area (Å²) in [5.74, 6) is -3.23. The van der Waals surface area contributed by atoms with Gasteiger partial charge in [-0.05, 0) is 23.8 Å². The van der Waals surface area contributed by atoms with Crippen LogP contribution in [0, 0.1) is 11.3 Å². The zero-order valence-corrected chi connectivity index (χ0v) is 20.3. The molecule has 1 unspecified atom stereocenters. The van der Waals surface area contributed by atoms with Crippen molar-refractivity contribution in [1.82, 2.24) is 4.90 Å². The molecule has 0 radical (unpaired) electrons. The van der Waals surface area contributed by atoms with Gasteiger partial charge in [0.05, 0.1) is 47.9 Å². The first-order valence-electron chi connectivity index (χ1n) is 10.3. The lowest BCUT2D eigenvalue weighted by molar-refractivity contribution is -0.139. The number of esters is 2. The highest BCUT2D eigenvalue weighted by atomic mass is 35.5. The van der Waals surface area contributed by atoms with Gasteiger partial charge in [0.25, 0.3) is 5.91 Å². The average Bonchev–Trinajstić information content (AvgIpc) is 2.87. The number of amides is 1. The van der Waals surface area contributed by atoms with Crippen LogP contribution in [0.4, 0.5) is 5.69 Å². The van der Waals surface area contributed by atoms with Gasteiger partial charge >= 0.3 is 11.9 Å². The number of carbonyl (C=O) groups excluding carboxylic acids is 3. The van der Waals surface area contributed by atoms with Crippen molar-refractivity contribution in [2.45, 2.75) is 5.92 Å². The smallest absolute Gasteiger partial charge is 0.355 e. The molecule has 0 saturated heterocycles. The third-order valence-corrected chi connectivity index (χ3v) is 5.78. The second-order valence-corrected chi connectivity index (χ2v) is 8.11. The summed E-state index contributed by atoms with van der Waals surface area (Å²) < 4.78 is 10.0. The van der Waals surface area contributed by atoms with Crippen LogP contribution in [0.5, 0.6) is 0 Å². The molecule has 9 nitrogen and oxygen atoms in total.